The summed E-state index contributed by atoms with van der Waals surface area (Å²) in [6, 6.07) is 0. The highest BCUT2D eigenvalue weighted by Crippen LogP contribution is 2.23. The third-order valence-corrected chi connectivity index (χ3v) is 5.12. The van der Waals surface area contributed by atoms with E-state index in [1.807, 2.05) is 21.6 Å². The average molecular weight is 168 g/mol. The van der Waals surface area contributed by atoms with Gasteiger partial charge in [-0.15, -0.1) is 0 Å². The lowest BCUT2D eigenvalue weighted by Gasteiger charge is -1.88. The van der Waals surface area contributed by atoms with Crippen LogP contribution in [0.2, 0.25) is 0 Å². The topological polar surface area (TPSA) is 17.1 Å². The van der Waals surface area contributed by atoms with Gasteiger partial charge in [-0.05, 0) is 0 Å². The zero-order chi connectivity index (χ0) is 5.82. The summed E-state index contributed by atoms with van der Waals surface area (Å²) in [6.45, 7) is 0. The predicted octanol–water partition coefficient (Wildman–Crippen LogP) is 1.13. The fourth-order valence-electron chi connectivity index (χ4n) is 0.474. The maximum absolute atomic E-state index is 10.8. The first-order chi connectivity index (χ1) is 3.89. The molecule has 0 N–H and O–H groups in total. The molecule has 0 amide bonds. The maximum atomic E-state index is 10.8. The molecular weight excluding hydrogens is 160 g/mol. The Morgan fingerprint density at radius 3 is 2.12 bits per heavy atom. The molecule has 0 aromatic rings. The molecule has 0 bridgehead atoms. The van der Waals surface area contributed by atoms with Crippen LogP contribution in [0.25, 0.3) is 0 Å². The number of hydrogen-bond acceptors (Lipinski definition) is 3. The molecule has 4 heteroatoms. The van der Waals surface area contributed by atoms with Gasteiger partial charge in [0.1, 0.15) is 0 Å². The lowest BCUT2D eigenvalue weighted by atomic mass is 10.9. The third kappa shape index (κ3) is 2.42. The Labute approximate surface area is 59.8 Å². The van der Waals surface area contributed by atoms with Crippen LogP contribution in [0.15, 0.2) is 0 Å². The second kappa shape index (κ2) is 3.80. The Bertz CT molecular complexity index is 83.3. The van der Waals surface area contributed by atoms with Crippen molar-refractivity contribution in [2.45, 2.75) is 0 Å². The van der Waals surface area contributed by atoms with Gasteiger partial charge in [-0.3, -0.25) is 4.21 Å². The van der Waals surface area contributed by atoms with Crippen LogP contribution in [0.3, 0.4) is 0 Å². The van der Waals surface area contributed by atoms with E-state index in [0.717, 1.165) is 23.0 Å². The van der Waals surface area contributed by atoms with E-state index < -0.39 is 10.8 Å². The van der Waals surface area contributed by atoms with Crippen LogP contribution in [-0.2, 0) is 10.8 Å². The normalized spacial score (nSPS) is 25.0. The number of hydrogen-bond donors (Lipinski definition) is 0. The summed E-state index contributed by atoms with van der Waals surface area (Å²) in [6.07, 6.45) is 0. The minimum Gasteiger partial charge on any atom is -0.260 e. The van der Waals surface area contributed by atoms with Gasteiger partial charge in [0.05, 0.1) is 0 Å². The highest BCUT2D eigenvalue weighted by molar-refractivity contribution is 8.76. The fourth-order valence-corrected chi connectivity index (χ4v) is 4.88. The van der Waals surface area contributed by atoms with Crippen molar-refractivity contribution in [3.63, 3.8) is 0 Å². The van der Waals surface area contributed by atoms with Crippen molar-refractivity contribution in [1.29, 1.82) is 0 Å². The van der Waals surface area contributed by atoms with Crippen LogP contribution in [0.5, 0.6) is 0 Å². The first-order valence-electron chi connectivity index (χ1n) is 2.49. The zero-order valence-electron chi connectivity index (χ0n) is 4.46. The molecule has 0 unspecified atom stereocenters. The summed E-state index contributed by atoms with van der Waals surface area (Å²) in [7, 11) is 3.19. The highest BCUT2D eigenvalue weighted by Gasteiger charge is 2.04. The van der Waals surface area contributed by atoms with Gasteiger partial charge in [0.2, 0.25) is 0 Å². The standard InChI is InChI=1S/C4H8OS3/c5-8-3-1-6-7-2-4-8/h1-4H2. The maximum Gasteiger partial charge on any atom is 0.0334 e. The van der Waals surface area contributed by atoms with Crippen LogP contribution in [0.4, 0.5) is 0 Å². The van der Waals surface area contributed by atoms with Crippen molar-refractivity contribution in [1.82, 2.24) is 0 Å². The Balaban J connectivity index is 2.27. The molecule has 1 heterocycles. The summed E-state index contributed by atoms with van der Waals surface area (Å²) < 4.78 is 10.8. The molecule has 1 rings (SSSR count). The average Bonchev–Trinajstić information content (AvgIpc) is 1.94. The highest BCUT2D eigenvalue weighted by atomic mass is 33.1. The van der Waals surface area contributed by atoms with Crippen molar-refractivity contribution in [2.75, 3.05) is 23.0 Å². The number of rotatable bonds is 0. The Hall–Kier alpha value is 0.850. The van der Waals surface area contributed by atoms with Crippen molar-refractivity contribution >= 4 is 32.4 Å². The van der Waals surface area contributed by atoms with Crippen molar-refractivity contribution < 1.29 is 4.21 Å². The van der Waals surface area contributed by atoms with E-state index >= 15 is 0 Å². The SMILES string of the molecule is O=S1CCSSCC1. The zero-order valence-corrected chi connectivity index (χ0v) is 6.91. The van der Waals surface area contributed by atoms with E-state index in [0.29, 0.717) is 0 Å². The van der Waals surface area contributed by atoms with Gasteiger partial charge >= 0.3 is 0 Å². The molecule has 8 heavy (non-hydrogen) atoms. The first-order valence-corrected chi connectivity index (χ1v) is 6.46. The van der Waals surface area contributed by atoms with Gasteiger partial charge in [0.15, 0.2) is 0 Å². The van der Waals surface area contributed by atoms with Gasteiger partial charge in [0, 0.05) is 33.8 Å². The van der Waals surface area contributed by atoms with Crippen molar-refractivity contribution in [2.24, 2.45) is 0 Å². The summed E-state index contributed by atoms with van der Waals surface area (Å²) in [4.78, 5) is 0. The lowest BCUT2D eigenvalue weighted by Crippen LogP contribution is -2.02. The van der Waals surface area contributed by atoms with E-state index in [1.54, 1.807) is 0 Å². The van der Waals surface area contributed by atoms with E-state index in [2.05, 4.69) is 0 Å². The summed E-state index contributed by atoms with van der Waals surface area (Å²) >= 11 is 0. The fraction of sp³-hybridized carbons (Fsp3) is 1.00. The molecule has 1 aliphatic heterocycles. The molecule has 0 aliphatic carbocycles. The van der Waals surface area contributed by atoms with Gasteiger partial charge in [-0.25, -0.2) is 0 Å². The molecule has 0 radical (unpaired) electrons. The van der Waals surface area contributed by atoms with E-state index in [-0.39, 0.29) is 0 Å². The predicted molar refractivity (Wildman–Crippen MR) is 42.8 cm³/mol. The summed E-state index contributed by atoms with van der Waals surface area (Å²) in [5.74, 6) is 3.93. The van der Waals surface area contributed by atoms with Gasteiger partial charge < -0.3 is 0 Å². The molecule has 0 spiro atoms. The Morgan fingerprint density at radius 2 is 1.62 bits per heavy atom. The first kappa shape index (κ1) is 6.96. The van der Waals surface area contributed by atoms with Crippen LogP contribution < -0.4 is 0 Å². The molecule has 0 saturated carbocycles. The molecule has 1 nitrogen and oxygen atoms in total. The summed E-state index contributed by atoms with van der Waals surface area (Å²) in [5.41, 5.74) is 0. The van der Waals surface area contributed by atoms with Gasteiger partial charge in [0.25, 0.3) is 0 Å². The smallest absolute Gasteiger partial charge is 0.0334 e. The minimum absolute atomic E-state index is 0.499. The lowest BCUT2D eigenvalue weighted by molar-refractivity contribution is 0.685. The van der Waals surface area contributed by atoms with Crippen LogP contribution in [0.1, 0.15) is 0 Å². The molecule has 1 aliphatic rings. The molecule has 1 saturated heterocycles. The molecule has 0 atom stereocenters. The largest absolute Gasteiger partial charge is 0.260 e. The van der Waals surface area contributed by atoms with Crippen LogP contribution in [-0.4, -0.2) is 27.2 Å². The second-order valence-corrected chi connectivity index (χ2v) is 5.89. The molecular formula is C4H8OS3. The quantitative estimate of drug-likeness (QED) is 0.505. The van der Waals surface area contributed by atoms with Gasteiger partial charge in [-0.2, -0.15) is 0 Å². The van der Waals surface area contributed by atoms with Crippen molar-refractivity contribution in [3.05, 3.63) is 0 Å². The molecule has 48 valence electrons. The second-order valence-electron chi connectivity index (χ2n) is 1.49. The molecule has 0 aromatic heterocycles. The molecule has 0 aromatic carbocycles. The minimum atomic E-state index is -0.499. The molecule has 1 fully saturated rings. The third-order valence-electron chi connectivity index (χ3n) is 0.872. The van der Waals surface area contributed by atoms with E-state index in [9.17, 15) is 4.21 Å². The van der Waals surface area contributed by atoms with Gasteiger partial charge in [-0.1, -0.05) is 21.6 Å². The van der Waals surface area contributed by atoms with Crippen LogP contribution >= 0.6 is 21.6 Å². The van der Waals surface area contributed by atoms with Crippen molar-refractivity contribution in [3.8, 4) is 0 Å². The van der Waals surface area contributed by atoms with E-state index in [4.69, 9.17) is 0 Å². The Morgan fingerprint density at radius 1 is 1.12 bits per heavy atom. The Kier molecular flexibility index (Phi) is 3.30. The van der Waals surface area contributed by atoms with E-state index in [1.165, 1.54) is 0 Å². The monoisotopic (exact) mass is 168 g/mol. The summed E-state index contributed by atoms with van der Waals surface area (Å²) in [5, 5.41) is 0. The van der Waals surface area contributed by atoms with Crippen LogP contribution in [0, 0.1) is 0 Å².